The monoisotopic (exact) mass is 215 g/mol. The quantitative estimate of drug-likeness (QED) is 0.614. The first-order valence-electron chi connectivity index (χ1n) is 5.65. The van der Waals surface area contributed by atoms with Crippen LogP contribution in [-0.2, 0) is 0 Å². The van der Waals surface area contributed by atoms with E-state index in [-0.39, 0.29) is 6.04 Å². The molecule has 1 aliphatic heterocycles. The smallest absolute Gasteiger partial charge is 0.131 e. The fourth-order valence-electron chi connectivity index (χ4n) is 2.06. The van der Waals surface area contributed by atoms with Gasteiger partial charge in [-0.3, -0.25) is 4.90 Å². The van der Waals surface area contributed by atoms with Gasteiger partial charge in [-0.15, -0.1) is 5.92 Å². The van der Waals surface area contributed by atoms with Gasteiger partial charge in [-0.1, -0.05) is 36.3 Å². The predicted octanol–water partition coefficient (Wildman–Crippen LogP) is 1.82. The van der Waals surface area contributed by atoms with Crippen molar-refractivity contribution in [2.75, 3.05) is 6.54 Å². The van der Waals surface area contributed by atoms with E-state index in [1.165, 1.54) is 5.56 Å². The lowest BCUT2D eigenvalue weighted by Crippen LogP contribution is -2.18. The SMILES string of the molecule is CC#C[C@@H](O)C1CN1[C@H](C)c1ccccc1. The van der Waals surface area contributed by atoms with Crippen molar-refractivity contribution < 1.29 is 5.11 Å². The van der Waals surface area contributed by atoms with Crippen LogP contribution in [-0.4, -0.2) is 28.7 Å². The molecule has 2 unspecified atom stereocenters. The minimum Gasteiger partial charge on any atom is -0.379 e. The van der Waals surface area contributed by atoms with Gasteiger partial charge in [0, 0.05) is 12.6 Å². The van der Waals surface area contributed by atoms with Gasteiger partial charge in [0.05, 0.1) is 6.04 Å². The van der Waals surface area contributed by atoms with E-state index in [4.69, 9.17) is 0 Å². The van der Waals surface area contributed by atoms with Crippen LogP contribution in [0, 0.1) is 11.8 Å². The van der Waals surface area contributed by atoms with Crippen molar-refractivity contribution in [2.24, 2.45) is 0 Å². The van der Waals surface area contributed by atoms with Crippen LogP contribution in [0.2, 0.25) is 0 Å². The molecule has 16 heavy (non-hydrogen) atoms. The Bertz CT molecular complexity index is 404. The van der Waals surface area contributed by atoms with Gasteiger partial charge in [0.25, 0.3) is 0 Å². The molecule has 4 atom stereocenters. The summed E-state index contributed by atoms with van der Waals surface area (Å²) < 4.78 is 0. The average Bonchev–Trinajstić information content (AvgIpc) is 3.09. The Morgan fingerprint density at radius 1 is 1.38 bits per heavy atom. The summed E-state index contributed by atoms with van der Waals surface area (Å²) in [6.07, 6.45) is -0.504. The summed E-state index contributed by atoms with van der Waals surface area (Å²) in [6.45, 7) is 4.86. The minimum atomic E-state index is -0.504. The topological polar surface area (TPSA) is 23.2 Å². The van der Waals surface area contributed by atoms with Gasteiger partial charge < -0.3 is 5.11 Å². The molecule has 0 bridgehead atoms. The van der Waals surface area contributed by atoms with Crippen LogP contribution in [0.1, 0.15) is 25.5 Å². The molecule has 0 aliphatic carbocycles. The highest BCUT2D eigenvalue weighted by atomic mass is 16.3. The Balaban J connectivity index is 1.99. The molecule has 84 valence electrons. The van der Waals surface area contributed by atoms with Crippen molar-refractivity contribution in [3.63, 3.8) is 0 Å². The summed E-state index contributed by atoms with van der Waals surface area (Å²) in [4.78, 5) is 2.27. The third kappa shape index (κ3) is 2.27. The second-order valence-corrected chi connectivity index (χ2v) is 4.19. The molecule has 0 amide bonds. The molecular formula is C14H17NO. The molecule has 1 aliphatic rings. The minimum absolute atomic E-state index is 0.211. The third-order valence-corrected chi connectivity index (χ3v) is 3.13. The molecule has 1 heterocycles. The molecule has 2 heteroatoms. The standard InChI is InChI=1S/C14H17NO/c1-3-7-14(16)13-10-15(13)11(2)12-8-5-4-6-9-12/h4-6,8-9,11,13-14,16H,10H2,1-2H3/t11-,13?,14-,15?/m1/s1. The molecule has 1 aromatic carbocycles. The van der Waals surface area contributed by atoms with E-state index in [1.54, 1.807) is 6.92 Å². The van der Waals surface area contributed by atoms with Gasteiger partial charge in [-0.2, -0.15) is 0 Å². The van der Waals surface area contributed by atoms with Gasteiger partial charge in [-0.05, 0) is 19.4 Å². The maximum atomic E-state index is 9.74. The highest BCUT2D eigenvalue weighted by molar-refractivity contribution is 5.22. The van der Waals surface area contributed by atoms with Crippen molar-refractivity contribution in [1.82, 2.24) is 4.90 Å². The van der Waals surface area contributed by atoms with Gasteiger partial charge in [0.1, 0.15) is 6.10 Å². The van der Waals surface area contributed by atoms with E-state index in [0.29, 0.717) is 6.04 Å². The van der Waals surface area contributed by atoms with Gasteiger partial charge >= 0.3 is 0 Å². The molecule has 0 radical (unpaired) electrons. The van der Waals surface area contributed by atoms with Crippen LogP contribution in [0.4, 0.5) is 0 Å². The molecule has 1 aromatic rings. The number of aliphatic hydroxyl groups is 1. The Labute approximate surface area is 96.9 Å². The fraction of sp³-hybridized carbons (Fsp3) is 0.429. The number of aliphatic hydroxyl groups excluding tert-OH is 1. The predicted molar refractivity (Wildman–Crippen MR) is 64.8 cm³/mol. The molecule has 1 saturated heterocycles. The fourth-order valence-corrected chi connectivity index (χ4v) is 2.06. The summed E-state index contributed by atoms with van der Waals surface area (Å²) in [6, 6.07) is 10.9. The van der Waals surface area contributed by atoms with Crippen LogP contribution in [0.5, 0.6) is 0 Å². The summed E-state index contributed by atoms with van der Waals surface area (Å²) in [5.74, 6) is 5.57. The zero-order valence-corrected chi connectivity index (χ0v) is 9.72. The van der Waals surface area contributed by atoms with E-state index < -0.39 is 6.10 Å². The zero-order chi connectivity index (χ0) is 11.5. The number of nitrogens with zero attached hydrogens (tertiary/aromatic N) is 1. The Hall–Kier alpha value is -1.30. The Morgan fingerprint density at radius 2 is 2.06 bits per heavy atom. The number of rotatable bonds is 3. The molecule has 2 rings (SSSR count). The molecular weight excluding hydrogens is 198 g/mol. The number of hydrogen-bond donors (Lipinski definition) is 1. The summed E-state index contributed by atoms with van der Waals surface area (Å²) >= 11 is 0. The lowest BCUT2D eigenvalue weighted by atomic mass is 10.1. The summed E-state index contributed by atoms with van der Waals surface area (Å²) in [5.41, 5.74) is 1.29. The average molecular weight is 215 g/mol. The van der Waals surface area contributed by atoms with Crippen LogP contribution in [0.15, 0.2) is 30.3 Å². The van der Waals surface area contributed by atoms with Gasteiger partial charge in [0.2, 0.25) is 0 Å². The molecule has 0 aromatic heterocycles. The van der Waals surface area contributed by atoms with E-state index in [0.717, 1.165) is 6.54 Å². The maximum Gasteiger partial charge on any atom is 0.131 e. The first-order valence-corrected chi connectivity index (χ1v) is 5.65. The zero-order valence-electron chi connectivity index (χ0n) is 9.72. The lowest BCUT2D eigenvalue weighted by molar-refractivity contribution is 0.201. The highest BCUT2D eigenvalue weighted by Crippen LogP contribution is 2.33. The van der Waals surface area contributed by atoms with Crippen LogP contribution in [0.3, 0.4) is 0 Å². The molecule has 0 spiro atoms. The van der Waals surface area contributed by atoms with Crippen LogP contribution >= 0.6 is 0 Å². The summed E-state index contributed by atoms with van der Waals surface area (Å²) in [7, 11) is 0. The van der Waals surface area contributed by atoms with Crippen LogP contribution < -0.4 is 0 Å². The summed E-state index contributed by atoms with van der Waals surface area (Å²) in [5, 5.41) is 9.74. The van der Waals surface area contributed by atoms with Crippen LogP contribution in [0.25, 0.3) is 0 Å². The van der Waals surface area contributed by atoms with E-state index in [9.17, 15) is 5.11 Å². The van der Waals surface area contributed by atoms with E-state index in [2.05, 4.69) is 35.8 Å². The Morgan fingerprint density at radius 3 is 2.69 bits per heavy atom. The van der Waals surface area contributed by atoms with Crippen molar-refractivity contribution in [3.05, 3.63) is 35.9 Å². The maximum absolute atomic E-state index is 9.74. The molecule has 1 N–H and O–H groups in total. The Kier molecular flexibility index (Phi) is 3.28. The second kappa shape index (κ2) is 4.69. The normalized spacial score (nSPS) is 26.4. The van der Waals surface area contributed by atoms with Crippen molar-refractivity contribution in [3.8, 4) is 11.8 Å². The third-order valence-electron chi connectivity index (χ3n) is 3.13. The van der Waals surface area contributed by atoms with Crippen molar-refractivity contribution >= 4 is 0 Å². The van der Waals surface area contributed by atoms with Crippen molar-refractivity contribution in [2.45, 2.75) is 32.0 Å². The second-order valence-electron chi connectivity index (χ2n) is 4.19. The number of hydrogen-bond acceptors (Lipinski definition) is 2. The lowest BCUT2D eigenvalue weighted by Gasteiger charge is -2.15. The first kappa shape index (κ1) is 11.2. The van der Waals surface area contributed by atoms with Gasteiger partial charge in [0.15, 0.2) is 0 Å². The van der Waals surface area contributed by atoms with E-state index in [1.807, 2.05) is 18.2 Å². The molecule has 2 nitrogen and oxygen atoms in total. The molecule has 1 fully saturated rings. The number of benzene rings is 1. The highest BCUT2D eigenvalue weighted by Gasteiger charge is 2.42. The first-order chi connectivity index (χ1) is 7.74. The molecule has 0 saturated carbocycles. The van der Waals surface area contributed by atoms with Crippen molar-refractivity contribution in [1.29, 1.82) is 0 Å². The van der Waals surface area contributed by atoms with Gasteiger partial charge in [-0.25, -0.2) is 0 Å². The van der Waals surface area contributed by atoms with E-state index >= 15 is 0 Å². The largest absolute Gasteiger partial charge is 0.379 e.